The van der Waals surface area contributed by atoms with Crippen molar-refractivity contribution in [2.45, 2.75) is 44.1 Å². The minimum Gasteiger partial charge on any atom is -0.376 e. The van der Waals surface area contributed by atoms with E-state index in [1.807, 2.05) is 28.4 Å². The summed E-state index contributed by atoms with van der Waals surface area (Å²) in [4.78, 5) is 11.9. The molecule has 1 saturated heterocycles. The van der Waals surface area contributed by atoms with Crippen molar-refractivity contribution in [3.63, 3.8) is 0 Å². The maximum absolute atomic E-state index is 11.9. The highest BCUT2D eigenvalue weighted by Crippen LogP contribution is 2.25. The number of nitrogens with zero attached hydrogens (tertiary/aromatic N) is 5. The van der Waals surface area contributed by atoms with Crippen LogP contribution in [0.3, 0.4) is 0 Å². The quantitative estimate of drug-likeness (QED) is 0.530. The van der Waals surface area contributed by atoms with Crippen LogP contribution >= 0.6 is 11.8 Å². The van der Waals surface area contributed by atoms with Crippen LogP contribution in [0.1, 0.15) is 19.8 Å². The Balaban J connectivity index is 1.78. The van der Waals surface area contributed by atoms with Gasteiger partial charge in [0, 0.05) is 25.9 Å². The smallest absolute Gasteiger partial charge is 0.230 e. The van der Waals surface area contributed by atoms with E-state index < -0.39 is 0 Å². The molecule has 0 saturated carbocycles. The van der Waals surface area contributed by atoms with Gasteiger partial charge in [-0.1, -0.05) is 17.8 Å². The molecule has 3 rings (SSSR count). The van der Waals surface area contributed by atoms with E-state index in [4.69, 9.17) is 4.74 Å². The van der Waals surface area contributed by atoms with Gasteiger partial charge in [0.2, 0.25) is 5.91 Å². The third-order valence-electron chi connectivity index (χ3n) is 4.10. The van der Waals surface area contributed by atoms with E-state index in [0.717, 1.165) is 31.7 Å². The van der Waals surface area contributed by atoms with E-state index in [-0.39, 0.29) is 17.8 Å². The zero-order valence-electron chi connectivity index (χ0n) is 14.9. The van der Waals surface area contributed by atoms with Gasteiger partial charge in [0.1, 0.15) is 5.69 Å². The molecule has 0 aliphatic carbocycles. The molecule has 0 aromatic carbocycles. The van der Waals surface area contributed by atoms with Gasteiger partial charge in [-0.2, -0.15) is 5.10 Å². The monoisotopic (exact) mass is 376 g/mol. The number of thioether (sulfide) groups is 1. The van der Waals surface area contributed by atoms with Crippen molar-refractivity contribution in [2.75, 3.05) is 18.9 Å². The molecule has 9 heteroatoms. The second-order valence-corrected chi connectivity index (χ2v) is 6.93. The molecule has 1 atom stereocenters. The van der Waals surface area contributed by atoms with Crippen LogP contribution in [0.25, 0.3) is 11.5 Å². The summed E-state index contributed by atoms with van der Waals surface area (Å²) in [6.07, 6.45) is 5.82. The van der Waals surface area contributed by atoms with Crippen molar-refractivity contribution < 1.29 is 9.53 Å². The summed E-state index contributed by atoms with van der Waals surface area (Å²) in [5, 5.41) is 16.6. The second kappa shape index (κ2) is 9.00. The number of nitrogens with one attached hydrogen (secondary N) is 1. The van der Waals surface area contributed by atoms with Gasteiger partial charge in [-0.3, -0.25) is 14.0 Å². The normalized spacial score (nSPS) is 16.7. The molecule has 8 nitrogen and oxygen atoms in total. The van der Waals surface area contributed by atoms with E-state index in [2.05, 4.69) is 27.2 Å². The third kappa shape index (κ3) is 4.53. The number of aromatic nitrogens is 5. The van der Waals surface area contributed by atoms with Gasteiger partial charge < -0.3 is 10.1 Å². The summed E-state index contributed by atoms with van der Waals surface area (Å²) in [6, 6.07) is 1.94. The van der Waals surface area contributed by atoms with Gasteiger partial charge in [-0.05, 0) is 25.8 Å². The first-order chi connectivity index (χ1) is 12.7. The molecular formula is C17H24N6O2S. The topological polar surface area (TPSA) is 86.9 Å². The van der Waals surface area contributed by atoms with Crippen LogP contribution < -0.4 is 5.32 Å². The highest BCUT2D eigenvalue weighted by molar-refractivity contribution is 7.99. The van der Waals surface area contributed by atoms with Crippen molar-refractivity contribution in [2.24, 2.45) is 0 Å². The Hall–Kier alpha value is -2.13. The summed E-state index contributed by atoms with van der Waals surface area (Å²) in [5.41, 5.74) is 0.778. The van der Waals surface area contributed by atoms with Gasteiger partial charge in [0.05, 0.1) is 18.4 Å². The first-order valence-corrected chi connectivity index (χ1v) is 9.78. The van der Waals surface area contributed by atoms with Crippen molar-refractivity contribution in [3.05, 3.63) is 24.9 Å². The van der Waals surface area contributed by atoms with Crippen LogP contribution in [-0.2, 0) is 22.6 Å². The van der Waals surface area contributed by atoms with Gasteiger partial charge in [-0.15, -0.1) is 16.8 Å². The fourth-order valence-electron chi connectivity index (χ4n) is 2.77. The predicted octanol–water partition coefficient (Wildman–Crippen LogP) is 1.73. The first-order valence-electron chi connectivity index (χ1n) is 8.80. The molecule has 1 aliphatic rings. The summed E-state index contributed by atoms with van der Waals surface area (Å²) >= 11 is 1.37. The minimum absolute atomic E-state index is 0.0571. The Labute approximate surface area is 157 Å². The number of carbonyl (C=O) groups excluding carboxylic acids is 1. The van der Waals surface area contributed by atoms with E-state index in [9.17, 15) is 4.79 Å². The molecule has 1 fully saturated rings. The fourth-order valence-corrected chi connectivity index (χ4v) is 3.54. The lowest BCUT2D eigenvalue weighted by molar-refractivity contribution is -0.118. The molecule has 140 valence electrons. The molecule has 2 aromatic heterocycles. The molecule has 2 aromatic rings. The van der Waals surface area contributed by atoms with Crippen molar-refractivity contribution in [3.8, 4) is 11.5 Å². The van der Waals surface area contributed by atoms with E-state index in [1.54, 1.807) is 6.08 Å². The molecular weight excluding hydrogens is 352 g/mol. The van der Waals surface area contributed by atoms with Gasteiger partial charge in [0.25, 0.3) is 0 Å². The molecule has 1 unspecified atom stereocenters. The van der Waals surface area contributed by atoms with E-state index in [1.165, 1.54) is 11.8 Å². The number of hydrogen-bond acceptors (Lipinski definition) is 6. The van der Waals surface area contributed by atoms with Crippen molar-refractivity contribution in [1.82, 2.24) is 29.9 Å². The number of ether oxygens (including phenoxy) is 1. The largest absolute Gasteiger partial charge is 0.376 e. The second-order valence-electron chi connectivity index (χ2n) is 5.99. The molecule has 3 heterocycles. The lowest BCUT2D eigenvalue weighted by atomic mass is 10.2. The van der Waals surface area contributed by atoms with E-state index >= 15 is 0 Å². The Morgan fingerprint density at radius 3 is 3.12 bits per heavy atom. The molecule has 0 radical (unpaired) electrons. The van der Waals surface area contributed by atoms with Crippen molar-refractivity contribution >= 4 is 17.7 Å². The number of aryl methyl sites for hydroxylation is 1. The Bertz CT molecular complexity index is 750. The highest BCUT2D eigenvalue weighted by atomic mass is 32.2. The summed E-state index contributed by atoms with van der Waals surface area (Å²) in [6.45, 7) is 8.35. The summed E-state index contributed by atoms with van der Waals surface area (Å²) in [7, 11) is 0. The summed E-state index contributed by atoms with van der Waals surface area (Å²) in [5.74, 6) is 0.932. The van der Waals surface area contributed by atoms with Crippen LogP contribution in [-0.4, -0.2) is 55.5 Å². The van der Waals surface area contributed by atoms with Gasteiger partial charge in [-0.25, -0.2) is 0 Å². The Kier molecular flexibility index (Phi) is 6.45. The number of amides is 1. The Morgan fingerprint density at radius 2 is 2.42 bits per heavy atom. The summed E-state index contributed by atoms with van der Waals surface area (Å²) < 4.78 is 9.65. The lowest BCUT2D eigenvalue weighted by Gasteiger charge is -2.14. The first kappa shape index (κ1) is 18.7. The minimum atomic E-state index is -0.0571. The van der Waals surface area contributed by atoms with Crippen LogP contribution in [0.2, 0.25) is 0 Å². The number of carbonyl (C=O) groups is 1. The molecule has 1 N–H and O–H groups in total. The predicted molar refractivity (Wildman–Crippen MR) is 99.8 cm³/mol. The number of hydrogen-bond donors (Lipinski definition) is 1. The average Bonchev–Trinajstić information content (AvgIpc) is 3.39. The standard InChI is InChI=1S/C17H24N6O2S/c1-3-8-18-15(24)12-26-17-20-19-16(14-7-9-22(4-2)21-14)23(17)11-13-6-5-10-25-13/h3,7,9,13H,1,4-6,8,10-12H2,2H3,(H,18,24). The zero-order valence-corrected chi connectivity index (χ0v) is 15.7. The van der Waals surface area contributed by atoms with Crippen LogP contribution in [0, 0.1) is 0 Å². The van der Waals surface area contributed by atoms with Crippen LogP contribution in [0.15, 0.2) is 30.1 Å². The molecule has 0 spiro atoms. The van der Waals surface area contributed by atoms with Crippen LogP contribution in [0.5, 0.6) is 0 Å². The Morgan fingerprint density at radius 1 is 1.54 bits per heavy atom. The SMILES string of the molecule is C=CCNC(=O)CSc1nnc(-c2ccn(CC)n2)n1CC1CCCO1. The molecule has 1 amide bonds. The maximum Gasteiger partial charge on any atom is 0.230 e. The average molecular weight is 376 g/mol. The highest BCUT2D eigenvalue weighted by Gasteiger charge is 2.23. The fraction of sp³-hybridized carbons (Fsp3) is 0.529. The van der Waals surface area contributed by atoms with E-state index in [0.29, 0.717) is 24.1 Å². The van der Waals surface area contributed by atoms with Crippen LogP contribution in [0.4, 0.5) is 0 Å². The molecule has 0 bridgehead atoms. The molecule has 1 aliphatic heterocycles. The van der Waals surface area contributed by atoms with Gasteiger partial charge in [0.15, 0.2) is 11.0 Å². The lowest BCUT2D eigenvalue weighted by Crippen LogP contribution is -2.25. The molecule has 26 heavy (non-hydrogen) atoms. The van der Waals surface area contributed by atoms with Crippen molar-refractivity contribution in [1.29, 1.82) is 0 Å². The zero-order chi connectivity index (χ0) is 18.4. The number of rotatable bonds is 9. The third-order valence-corrected chi connectivity index (χ3v) is 5.06. The maximum atomic E-state index is 11.9. The van der Waals surface area contributed by atoms with Gasteiger partial charge >= 0.3 is 0 Å².